The minimum Gasteiger partial charge on any atom is -0.480 e. The van der Waals surface area contributed by atoms with Crippen molar-refractivity contribution in [2.24, 2.45) is 5.92 Å². The highest BCUT2D eigenvalue weighted by atomic mass is 16.4. The first-order valence-corrected chi connectivity index (χ1v) is 6.86. The van der Waals surface area contributed by atoms with Crippen LogP contribution >= 0.6 is 0 Å². The molecule has 1 aromatic carbocycles. The molecule has 5 heteroatoms. The number of nitrogens with zero attached hydrogens (tertiary/aromatic N) is 2. The lowest BCUT2D eigenvalue weighted by Crippen LogP contribution is -2.45. The third-order valence-electron chi connectivity index (χ3n) is 4.06. The number of benzene rings is 1. The normalized spacial score (nSPS) is 17.0. The molecular formula is C16H15N3O2. The molecule has 0 spiro atoms. The molecule has 1 aliphatic carbocycles. The van der Waals surface area contributed by atoms with Crippen molar-refractivity contribution in [2.75, 3.05) is 5.32 Å². The summed E-state index contributed by atoms with van der Waals surface area (Å²) in [6.45, 7) is 1.68. The predicted molar refractivity (Wildman–Crippen MR) is 78.8 cm³/mol. The van der Waals surface area contributed by atoms with Crippen molar-refractivity contribution in [3.8, 4) is 6.07 Å². The fraction of sp³-hybridized carbons (Fsp3) is 0.312. The minimum absolute atomic E-state index is 0.105. The average Bonchev–Trinajstić information content (AvgIpc) is 3.31. The van der Waals surface area contributed by atoms with Gasteiger partial charge in [0, 0.05) is 5.39 Å². The monoisotopic (exact) mass is 281 g/mol. The summed E-state index contributed by atoms with van der Waals surface area (Å²) in [4.78, 5) is 16.0. The van der Waals surface area contributed by atoms with E-state index in [0.717, 1.165) is 18.2 Å². The van der Waals surface area contributed by atoms with Gasteiger partial charge in [-0.05, 0) is 37.8 Å². The molecule has 0 saturated heterocycles. The summed E-state index contributed by atoms with van der Waals surface area (Å²) in [5, 5.41) is 22.6. The van der Waals surface area contributed by atoms with E-state index >= 15 is 0 Å². The van der Waals surface area contributed by atoms with E-state index in [1.165, 1.54) is 0 Å². The van der Waals surface area contributed by atoms with E-state index in [1.807, 2.05) is 24.3 Å². The number of rotatable bonds is 4. The van der Waals surface area contributed by atoms with Crippen LogP contribution in [0.1, 0.15) is 25.3 Å². The fourth-order valence-electron chi connectivity index (χ4n) is 2.59. The number of nitriles is 1. The van der Waals surface area contributed by atoms with Crippen LogP contribution in [0.3, 0.4) is 0 Å². The highest BCUT2D eigenvalue weighted by Gasteiger charge is 2.47. The Morgan fingerprint density at radius 1 is 1.48 bits per heavy atom. The number of para-hydroxylation sites is 1. The third-order valence-corrected chi connectivity index (χ3v) is 4.06. The van der Waals surface area contributed by atoms with Crippen molar-refractivity contribution in [2.45, 2.75) is 25.3 Å². The number of anilines is 1. The average molecular weight is 281 g/mol. The zero-order valence-electron chi connectivity index (χ0n) is 11.6. The van der Waals surface area contributed by atoms with Gasteiger partial charge in [-0.3, -0.25) is 0 Å². The molecule has 1 fully saturated rings. The third kappa shape index (κ3) is 2.29. The zero-order chi connectivity index (χ0) is 15.0. The van der Waals surface area contributed by atoms with Gasteiger partial charge in [0.25, 0.3) is 0 Å². The van der Waals surface area contributed by atoms with Gasteiger partial charge in [-0.15, -0.1) is 0 Å². The van der Waals surface area contributed by atoms with Gasteiger partial charge < -0.3 is 10.4 Å². The Balaban J connectivity index is 2.05. The van der Waals surface area contributed by atoms with E-state index in [0.29, 0.717) is 16.9 Å². The Morgan fingerprint density at radius 3 is 2.81 bits per heavy atom. The lowest BCUT2D eigenvalue weighted by Gasteiger charge is -2.27. The van der Waals surface area contributed by atoms with Crippen LogP contribution in [0.15, 0.2) is 30.3 Å². The maximum Gasteiger partial charge on any atom is 0.329 e. The van der Waals surface area contributed by atoms with E-state index < -0.39 is 11.5 Å². The molecule has 1 heterocycles. The SMILES string of the molecule is CC(Nc1cc(C#N)c2ccccc2n1)(C(=O)O)C1CC1. The number of carbonyl (C=O) groups is 1. The van der Waals surface area contributed by atoms with Gasteiger partial charge in [0.2, 0.25) is 0 Å². The predicted octanol–water partition coefficient (Wildman–Crippen LogP) is 2.77. The van der Waals surface area contributed by atoms with Gasteiger partial charge in [-0.25, -0.2) is 9.78 Å². The highest BCUT2D eigenvalue weighted by Crippen LogP contribution is 2.41. The molecule has 1 atom stereocenters. The van der Waals surface area contributed by atoms with E-state index in [2.05, 4.69) is 16.4 Å². The first kappa shape index (κ1) is 13.4. The van der Waals surface area contributed by atoms with E-state index in [-0.39, 0.29) is 5.92 Å². The van der Waals surface area contributed by atoms with Crippen LogP contribution in [0.5, 0.6) is 0 Å². The largest absolute Gasteiger partial charge is 0.480 e. The van der Waals surface area contributed by atoms with Gasteiger partial charge in [0.1, 0.15) is 11.4 Å². The maximum absolute atomic E-state index is 11.6. The van der Waals surface area contributed by atoms with E-state index in [9.17, 15) is 15.2 Å². The fourth-order valence-corrected chi connectivity index (χ4v) is 2.59. The van der Waals surface area contributed by atoms with Crippen molar-refractivity contribution in [1.29, 1.82) is 5.26 Å². The van der Waals surface area contributed by atoms with Crippen LogP contribution in [-0.4, -0.2) is 21.6 Å². The molecule has 2 N–H and O–H groups in total. The van der Waals surface area contributed by atoms with Crippen molar-refractivity contribution in [3.05, 3.63) is 35.9 Å². The Bertz CT molecular complexity index is 762. The number of pyridine rings is 1. The van der Waals surface area contributed by atoms with Gasteiger partial charge in [0.05, 0.1) is 17.1 Å². The molecule has 1 aromatic heterocycles. The van der Waals surface area contributed by atoms with Crippen LogP contribution in [-0.2, 0) is 4.79 Å². The first-order chi connectivity index (χ1) is 10.0. The topological polar surface area (TPSA) is 86.0 Å². The van der Waals surface area contributed by atoms with E-state index in [1.54, 1.807) is 13.0 Å². The summed E-state index contributed by atoms with van der Waals surface area (Å²) < 4.78 is 0. The van der Waals surface area contributed by atoms with Crippen LogP contribution < -0.4 is 5.32 Å². The van der Waals surface area contributed by atoms with Gasteiger partial charge in [-0.1, -0.05) is 18.2 Å². The Kier molecular flexibility index (Phi) is 3.02. The first-order valence-electron chi connectivity index (χ1n) is 6.86. The summed E-state index contributed by atoms with van der Waals surface area (Å²) >= 11 is 0. The molecule has 21 heavy (non-hydrogen) atoms. The molecule has 106 valence electrons. The number of aromatic nitrogens is 1. The molecule has 0 radical (unpaired) electrons. The van der Waals surface area contributed by atoms with E-state index in [4.69, 9.17) is 0 Å². The number of carboxylic acid groups (broad SMARTS) is 1. The number of nitrogens with one attached hydrogen (secondary N) is 1. The lowest BCUT2D eigenvalue weighted by molar-refractivity contribution is -0.142. The molecule has 0 bridgehead atoms. The second-order valence-electron chi connectivity index (χ2n) is 5.59. The lowest BCUT2D eigenvalue weighted by atomic mass is 9.96. The quantitative estimate of drug-likeness (QED) is 0.900. The Labute approximate surface area is 122 Å². The molecule has 0 amide bonds. The number of hydrogen-bond donors (Lipinski definition) is 2. The summed E-state index contributed by atoms with van der Waals surface area (Å²) in [5.41, 5.74) is 0.136. The zero-order valence-corrected chi connectivity index (χ0v) is 11.6. The molecule has 1 unspecified atom stereocenters. The smallest absolute Gasteiger partial charge is 0.329 e. The molecule has 1 saturated carbocycles. The Morgan fingerprint density at radius 2 is 2.19 bits per heavy atom. The summed E-state index contributed by atoms with van der Waals surface area (Å²) in [6, 6.07) is 11.1. The standard InChI is InChI=1S/C16H15N3O2/c1-16(15(20)21,11-6-7-11)19-14-8-10(9-17)12-4-2-3-5-13(12)18-14/h2-5,8,11H,6-7H2,1H3,(H,18,19)(H,20,21). The summed E-state index contributed by atoms with van der Waals surface area (Å²) in [6.07, 6.45) is 1.79. The summed E-state index contributed by atoms with van der Waals surface area (Å²) in [7, 11) is 0. The van der Waals surface area contributed by atoms with Gasteiger partial charge >= 0.3 is 5.97 Å². The van der Waals surface area contributed by atoms with Crippen LogP contribution in [0, 0.1) is 17.2 Å². The maximum atomic E-state index is 11.6. The number of carboxylic acids is 1. The summed E-state index contributed by atoms with van der Waals surface area (Å²) in [5.74, 6) is -0.352. The number of fused-ring (bicyclic) bond motifs is 1. The van der Waals surface area contributed by atoms with Crippen molar-refractivity contribution in [3.63, 3.8) is 0 Å². The van der Waals surface area contributed by atoms with Gasteiger partial charge in [-0.2, -0.15) is 5.26 Å². The molecule has 1 aliphatic rings. The van der Waals surface area contributed by atoms with Crippen LogP contribution in [0.4, 0.5) is 5.82 Å². The van der Waals surface area contributed by atoms with Gasteiger partial charge in [0.15, 0.2) is 0 Å². The molecular weight excluding hydrogens is 266 g/mol. The second kappa shape index (κ2) is 4.74. The molecule has 2 aromatic rings. The van der Waals surface area contributed by atoms with Crippen LogP contribution in [0.2, 0.25) is 0 Å². The Hall–Kier alpha value is -2.61. The number of hydrogen-bond acceptors (Lipinski definition) is 4. The number of aliphatic carboxylic acids is 1. The minimum atomic E-state index is -1.04. The van der Waals surface area contributed by atoms with Crippen LogP contribution in [0.25, 0.3) is 10.9 Å². The highest BCUT2D eigenvalue weighted by molar-refractivity contribution is 5.88. The van der Waals surface area contributed by atoms with Crippen molar-refractivity contribution < 1.29 is 9.90 Å². The molecule has 3 rings (SSSR count). The molecule has 5 nitrogen and oxygen atoms in total. The molecule has 0 aliphatic heterocycles. The van der Waals surface area contributed by atoms with Crippen molar-refractivity contribution >= 4 is 22.7 Å². The second-order valence-corrected chi connectivity index (χ2v) is 5.59. The van der Waals surface area contributed by atoms with Crippen molar-refractivity contribution in [1.82, 2.24) is 4.98 Å².